The minimum Gasteiger partial charge on any atom is -0.450 e. The SMILES string of the molecule is C[C@H](OC(=O)c1csc(-c2ccc(F)cc2)n1)C(=O)c1ccc(Cl)cc1. The van der Waals surface area contributed by atoms with Gasteiger partial charge in [0.25, 0.3) is 0 Å². The quantitative estimate of drug-likeness (QED) is 0.453. The third-order valence-electron chi connectivity index (χ3n) is 3.59. The second-order valence-electron chi connectivity index (χ2n) is 5.46. The number of carbonyl (C=O) groups is 2. The number of aromatic nitrogens is 1. The van der Waals surface area contributed by atoms with E-state index >= 15 is 0 Å². The third-order valence-corrected chi connectivity index (χ3v) is 4.73. The molecular weight excluding hydrogens is 377 g/mol. The van der Waals surface area contributed by atoms with Crippen molar-refractivity contribution in [3.8, 4) is 10.6 Å². The first-order valence-electron chi connectivity index (χ1n) is 7.66. The number of thiazole rings is 1. The van der Waals surface area contributed by atoms with E-state index in [1.54, 1.807) is 41.8 Å². The Labute approximate surface area is 158 Å². The molecule has 0 amide bonds. The number of ketones is 1. The van der Waals surface area contributed by atoms with Crippen LogP contribution in [0.4, 0.5) is 4.39 Å². The molecule has 26 heavy (non-hydrogen) atoms. The Kier molecular flexibility index (Phi) is 5.44. The van der Waals surface area contributed by atoms with Crippen LogP contribution in [-0.4, -0.2) is 22.8 Å². The molecule has 132 valence electrons. The van der Waals surface area contributed by atoms with Crippen molar-refractivity contribution >= 4 is 34.7 Å². The summed E-state index contributed by atoms with van der Waals surface area (Å²) in [5, 5.41) is 2.62. The molecular formula is C19H13ClFNO3S. The zero-order valence-corrected chi connectivity index (χ0v) is 15.2. The van der Waals surface area contributed by atoms with Gasteiger partial charge in [-0.05, 0) is 55.5 Å². The number of Topliss-reactive ketones (excluding diaryl/α,β-unsaturated/α-hetero) is 1. The number of ether oxygens (including phenoxy) is 1. The van der Waals surface area contributed by atoms with E-state index in [1.165, 1.54) is 30.4 Å². The number of hydrogen-bond donors (Lipinski definition) is 0. The first-order chi connectivity index (χ1) is 12.4. The molecule has 1 aromatic heterocycles. The molecule has 0 radical (unpaired) electrons. The maximum absolute atomic E-state index is 13.0. The van der Waals surface area contributed by atoms with Crippen LogP contribution in [-0.2, 0) is 4.74 Å². The van der Waals surface area contributed by atoms with Crippen LogP contribution in [0, 0.1) is 5.82 Å². The van der Waals surface area contributed by atoms with Crippen LogP contribution in [0.1, 0.15) is 27.8 Å². The molecule has 3 rings (SSSR count). The van der Waals surface area contributed by atoms with Crippen LogP contribution < -0.4 is 0 Å². The summed E-state index contributed by atoms with van der Waals surface area (Å²) in [7, 11) is 0. The molecule has 2 aromatic carbocycles. The molecule has 0 aliphatic carbocycles. The van der Waals surface area contributed by atoms with E-state index in [0.29, 0.717) is 21.2 Å². The zero-order chi connectivity index (χ0) is 18.7. The molecule has 7 heteroatoms. The van der Waals surface area contributed by atoms with Crippen LogP contribution in [0.2, 0.25) is 5.02 Å². The number of nitrogens with zero attached hydrogens (tertiary/aromatic N) is 1. The van der Waals surface area contributed by atoms with E-state index in [4.69, 9.17) is 16.3 Å². The average Bonchev–Trinajstić information content (AvgIpc) is 3.12. The highest BCUT2D eigenvalue weighted by Gasteiger charge is 2.22. The van der Waals surface area contributed by atoms with Gasteiger partial charge >= 0.3 is 5.97 Å². The van der Waals surface area contributed by atoms with E-state index < -0.39 is 12.1 Å². The van der Waals surface area contributed by atoms with Gasteiger partial charge in [0, 0.05) is 21.5 Å². The second-order valence-corrected chi connectivity index (χ2v) is 6.76. The van der Waals surface area contributed by atoms with Crippen molar-refractivity contribution in [2.24, 2.45) is 0 Å². The number of carbonyl (C=O) groups excluding carboxylic acids is 2. The summed E-state index contributed by atoms with van der Waals surface area (Å²) in [5.74, 6) is -1.37. The van der Waals surface area contributed by atoms with E-state index in [9.17, 15) is 14.0 Å². The first-order valence-corrected chi connectivity index (χ1v) is 8.92. The van der Waals surface area contributed by atoms with Gasteiger partial charge in [-0.15, -0.1) is 11.3 Å². The maximum Gasteiger partial charge on any atom is 0.358 e. The second kappa shape index (κ2) is 7.76. The van der Waals surface area contributed by atoms with Crippen molar-refractivity contribution in [3.05, 3.63) is 76.0 Å². The van der Waals surface area contributed by atoms with Crippen LogP contribution in [0.25, 0.3) is 10.6 Å². The average molecular weight is 390 g/mol. The van der Waals surface area contributed by atoms with E-state index in [-0.39, 0.29) is 17.3 Å². The van der Waals surface area contributed by atoms with Crippen molar-refractivity contribution < 1.29 is 18.7 Å². The van der Waals surface area contributed by atoms with Gasteiger partial charge in [0.05, 0.1) is 0 Å². The van der Waals surface area contributed by atoms with Crippen molar-refractivity contribution in [1.29, 1.82) is 0 Å². The summed E-state index contributed by atoms with van der Waals surface area (Å²) < 4.78 is 18.2. The molecule has 0 aliphatic heterocycles. The molecule has 4 nitrogen and oxygen atoms in total. The topological polar surface area (TPSA) is 56.3 Å². The molecule has 0 fully saturated rings. The lowest BCUT2D eigenvalue weighted by Crippen LogP contribution is -2.24. The number of halogens is 2. The van der Waals surface area contributed by atoms with Crippen molar-refractivity contribution in [3.63, 3.8) is 0 Å². The number of benzene rings is 2. The predicted molar refractivity (Wildman–Crippen MR) is 98.2 cm³/mol. The molecule has 0 saturated heterocycles. The molecule has 3 aromatic rings. The third kappa shape index (κ3) is 4.15. The molecule has 0 unspecified atom stereocenters. The first kappa shape index (κ1) is 18.2. The molecule has 0 spiro atoms. The summed E-state index contributed by atoms with van der Waals surface area (Å²) in [4.78, 5) is 28.7. The highest BCUT2D eigenvalue weighted by Crippen LogP contribution is 2.24. The highest BCUT2D eigenvalue weighted by atomic mass is 35.5. The van der Waals surface area contributed by atoms with Crippen LogP contribution in [0.15, 0.2) is 53.9 Å². The summed E-state index contributed by atoms with van der Waals surface area (Å²) in [6, 6.07) is 12.1. The predicted octanol–water partition coefficient (Wildman–Crippen LogP) is 5.03. The van der Waals surface area contributed by atoms with Gasteiger partial charge < -0.3 is 4.74 Å². The molecule has 1 heterocycles. The van der Waals surface area contributed by atoms with Gasteiger partial charge in [0.2, 0.25) is 5.78 Å². The summed E-state index contributed by atoms with van der Waals surface area (Å²) >= 11 is 7.03. The number of rotatable bonds is 5. The molecule has 0 N–H and O–H groups in total. The van der Waals surface area contributed by atoms with Gasteiger partial charge in [-0.25, -0.2) is 14.2 Å². The Bertz CT molecular complexity index is 938. The Balaban J connectivity index is 1.69. The van der Waals surface area contributed by atoms with Crippen LogP contribution in [0.5, 0.6) is 0 Å². The summed E-state index contributed by atoms with van der Waals surface area (Å²) in [6.07, 6.45) is -0.959. The molecule has 0 saturated carbocycles. The molecule has 1 atom stereocenters. The Morgan fingerprint density at radius 2 is 1.77 bits per heavy atom. The van der Waals surface area contributed by atoms with E-state index in [1.807, 2.05) is 0 Å². The molecule has 0 bridgehead atoms. The van der Waals surface area contributed by atoms with Crippen molar-refractivity contribution in [2.75, 3.05) is 0 Å². The molecule has 0 aliphatic rings. The maximum atomic E-state index is 13.0. The van der Waals surface area contributed by atoms with E-state index in [2.05, 4.69) is 4.98 Å². The zero-order valence-electron chi connectivity index (χ0n) is 13.6. The number of hydrogen-bond acceptors (Lipinski definition) is 5. The van der Waals surface area contributed by atoms with Gasteiger partial charge in [0.15, 0.2) is 11.8 Å². The lowest BCUT2D eigenvalue weighted by molar-refractivity contribution is 0.0314. The minimum atomic E-state index is -0.959. The lowest BCUT2D eigenvalue weighted by Gasteiger charge is -2.11. The van der Waals surface area contributed by atoms with E-state index in [0.717, 1.165) is 0 Å². The van der Waals surface area contributed by atoms with Gasteiger partial charge in [0.1, 0.15) is 10.8 Å². The number of esters is 1. The fourth-order valence-corrected chi connectivity index (χ4v) is 3.14. The van der Waals surface area contributed by atoms with Gasteiger partial charge in [-0.2, -0.15) is 0 Å². The fourth-order valence-electron chi connectivity index (χ4n) is 2.22. The largest absolute Gasteiger partial charge is 0.450 e. The normalized spacial score (nSPS) is 11.8. The Hall–Kier alpha value is -2.57. The van der Waals surface area contributed by atoms with Crippen molar-refractivity contribution in [1.82, 2.24) is 4.98 Å². The monoisotopic (exact) mass is 389 g/mol. The van der Waals surface area contributed by atoms with Crippen LogP contribution in [0.3, 0.4) is 0 Å². The summed E-state index contributed by atoms with van der Waals surface area (Å²) in [5.41, 5.74) is 1.20. The minimum absolute atomic E-state index is 0.102. The summed E-state index contributed by atoms with van der Waals surface area (Å²) in [6.45, 7) is 1.50. The fraction of sp³-hybridized carbons (Fsp3) is 0.105. The standard InChI is InChI=1S/C19H13ClFNO3S/c1-11(17(23)12-2-6-14(20)7-3-12)25-19(24)16-10-26-18(22-16)13-4-8-15(21)9-5-13/h2-11H,1H3/t11-/m0/s1. The van der Waals surface area contributed by atoms with Crippen LogP contribution >= 0.6 is 22.9 Å². The van der Waals surface area contributed by atoms with Gasteiger partial charge in [-0.1, -0.05) is 11.6 Å². The highest BCUT2D eigenvalue weighted by molar-refractivity contribution is 7.13. The smallest absolute Gasteiger partial charge is 0.358 e. The Morgan fingerprint density at radius 1 is 1.12 bits per heavy atom. The van der Waals surface area contributed by atoms with Gasteiger partial charge in [-0.3, -0.25) is 4.79 Å². The van der Waals surface area contributed by atoms with Crippen molar-refractivity contribution in [2.45, 2.75) is 13.0 Å². The Morgan fingerprint density at radius 3 is 2.42 bits per heavy atom. The lowest BCUT2D eigenvalue weighted by atomic mass is 10.1.